The lowest BCUT2D eigenvalue weighted by Crippen LogP contribution is -2.14. The zero-order valence-electron chi connectivity index (χ0n) is 18.4. The summed E-state index contributed by atoms with van der Waals surface area (Å²) in [6.45, 7) is 13.4. The fourth-order valence-electron chi connectivity index (χ4n) is 4.09. The largest absolute Gasteiger partial charge is 0.507 e. The lowest BCUT2D eigenvalue weighted by molar-refractivity contribution is 0.449. The lowest BCUT2D eigenvalue weighted by atomic mass is 9.81. The smallest absolute Gasteiger partial charge is 0.121 e. The van der Waals surface area contributed by atoms with Gasteiger partial charge in [0.05, 0.1) is 0 Å². The van der Waals surface area contributed by atoms with Crippen LogP contribution in [0.1, 0.15) is 87.8 Å². The van der Waals surface area contributed by atoms with E-state index in [9.17, 15) is 10.2 Å². The van der Waals surface area contributed by atoms with E-state index >= 15 is 0 Å². The van der Waals surface area contributed by atoms with E-state index in [0.717, 1.165) is 60.8 Å². The van der Waals surface area contributed by atoms with E-state index in [-0.39, 0.29) is 10.8 Å². The number of hydrogen-bond acceptors (Lipinski definition) is 2. The minimum absolute atomic E-state index is 0.0679. The van der Waals surface area contributed by atoms with E-state index in [2.05, 4.69) is 65.8 Å². The van der Waals surface area contributed by atoms with Gasteiger partial charge in [0.25, 0.3) is 0 Å². The summed E-state index contributed by atoms with van der Waals surface area (Å²) in [4.78, 5) is 0. The predicted molar refractivity (Wildman–Crippen MR) is 118 cm³/mol. The molecule has 3 rings (SSSR count). The molecule has 2 N–H and O–H groups in total. The fraction of sp³-hybridized carbons (Fsp3) is 0.538. The summed E-state index contributed by atoms with van der Waals surface area (Å²) >= 11 is 0. The highest BCUT2D eigenvalue weighted by molar-refractivity contribution is 5.48. The molecule has 1 aliphatic carbocycles. The molecule has 0 unspecified atom stereocenters. The quantitative estimate of drug-likeness (QED) is 0.558. The van der Waals surface area contributed by atoms with Crippen molar-refractivity contribution in [2.75, 3.05) is 0 Å². The number of aromatic hydroxyl groups is 2. The van der Waals surface area contributed by atoms with E-state index < -0.39 is 0 Å². The summed E-state index contributed by atoms with van der Waals surface area (Å²) in [7, 11) is 0. The Morgan fingerprint density at radius 1 is 0.536 bits per heavy atom. The standard InChI is InChI=1S/C26H36O2/c1-25(2,3)21-13-17-9-7-11-19-15-22(26(4,5)6)16-20(24(19)28)12-8-10-18(14-21)23(17)27/h13-16,27-28H,7-12H2,1-6H3. The van der Waals surface area contributed by atoms with E-state index in [1.165, 1.54) is 11.1 Å². The molecule has 0 atom stereocenters. The fourth-order valence-corrected chi connectivity index (χ4v) is 4.09. The van der Waals surface area contributed by atoms with E-state index in [0.29, 0.717) is 11.5 Å². The van der Waals surface area contributed by atoms with Crippen LogP contribution in [-0.4, -0.2) is 10.2 Å². The van der Waals surface area contributed by atoms with Gasteiger partial charge in [0, 0.05) is 0 Å². The molecule has 0 spiro atoms. The van der Waals surface area contributed by atoms with Gasteiger partial charge in [-0.3, -0.25) is 0 Å². The van der Waals surface area contributed by atoms with Crippen LogP contribution in [0.3, 0.4) is 0 Å². The third-order valence-electron chi connectivity index (χ3n) is 6.05. The number of rotatable bonds is 0. The van der Waals surface area contributed by atoms with Gasteiger partial charge in [-0.1, -0.05) is 65.8 Å². The molecular formula is C26H36O2. The summed E-state index contributed by atoms with van der Waals surface area (Å²) in [6, 6.07) is 8.73. The minimum atomic E-state index is 0.0679. The number of hydrogen-bond donors (Lipinski definition) is 2. The van der Waals surface area contributed by atoms with Gasteiger partial charge in [0.15, 0.2) is 0 Å². The molecular weight excluding hydrogens is 344 g/mol. The lowest BCUT2D eigenvalue weighted by Gasteiger charge is -2.24. The van der Waals surface area contributed by atoms with Gasteiger partial charge in [0.2, 0.25) is 0 Å². The monoisotopic (exact) mass is 380 g/mol. The van der Waals surface area contributed by atoms with Crippen LogP contribution < -0.4 is 0 Å². The maximum atomic E-state index is 10.8. The first kappa shape index (κ1) is 20.8. The van der Waals surface area contributed by atoms with E-state index in [1.54, 1.807) is 0 Å². The van der Waals surface area contributed by atoms with Crippen molar-refractivity contribution in [3.8, 4) is 11.5 Å². The van der Waals surface area contributed by atoms with Gasteiger partial charge in [-0.15, -0.1) is 0 Å². The molecule has 0 radical (unpaired) electrons. The first-order valence-electron chi connectivity index (χ1n) is 10.7. The molecule has 0 aromatic heterocycles. The first-order chi connectivity index (χ1) is 13.0. The van der Waals surface area contributed by atoms with Gasteiger partial charge in [-0.05, 0) is 82.7 Å². The van der Waals surface area contributed by atoms with Gasteiger partial charge < -0.3 is 10.2 Å². The molecule has 2 nitrogen and oxygen atoms in total. The number of aryl methyl sites for hydroxylation is 4. The normalized spacial score (nSPS) is 15.6. The average Bonchev–Trinajstić information content (AvgIpc) is 2.57. The predicted octanol–water partition coefficient (Wildman–Crippen LogP) is 6.36. The summed E-state index contributed by atoms with van der Waals surface area (Å²) in [5.41, 5.74) is 6.93. The van der Waals surface area contributed by atoms with Crippen LogP contribution in [0.15, 0.2) is 24.3 Å². The Bertz CT molecular complexity index is 739. The number of benzene rings is 2. The van der Waals surface area contributed by atoms with E-state index in [4.69, 9.17) is 0 Å². The molecule has 4 bridgehead atoms. The molecule has 0 heterocycles. The average molecular weight is 381 g/mol. The Kier molecular flexibility index (Phi) is 5.53. The molecule has 0 fully saturated rings. The highest BCUT2D eigenvalue weighted by Crippen LogP contribution is 2.36. The molecule has 0 aliphatic heterocycles. The topological polar surface area (TPSA) is 40.5 Å². The van der Waals surface area contributed by atoms with Crippen LogP contribution in [0.2, 0.25) is 0 Å². The molecule has 2 aromatic rings. The SMILES string of the molecule is CC(C)(C)c1cc2c(O)c(c1)CCCc1cc(C(C)(C)C)cc(c1O)CCC2. The second-order valence-corrected chi connectivity index (χ2v) is 10.5. The van der Waals surface area contributed by atoms with Gasteiger partial charge in [-0.25, -0.2) is 0 Å². The van der Waals surface area contributed by atoms with Crippen molar-refractivity contribution in [2.45, 2.75) is 90.9 Å². The summed E-state index contributed by atoms with van der Waals surface area (Å²) in [5.74, 6) is 0.966. The second kappa shape index (κ2) is 7.46. The van der Waals surface area contributed by atoms with Crippen molar-refractivity contribution in [1.82, 2.24) is 0 Å². The highest BCUT2D eigenvalue weighted by atomic mass is 16.3. The molecule has 152 valence electrons. The molecule has 2 aromatic carbocycles. The Morgan fingerprint density at radius 2 is 0.786 bits per heavy atom. The Labute approximate surface area is 170 Å². The molecule has 28 heavy (non-hydrogen) atoms. The van der Waals surface area contributed by atoms with Crippen LogP contribution in [0.4, 0.5) is 0 Å². The van der Waals surface area contributed by atoms with Crippen LogP contribution in [0.25, 0.3) is 0 Å². The Hall–Kier alpha value is -1.96. The summed E-state index contributed by atoms with van der Waals surface area (Å²) in [5, 5.41) is 21.7. The van der Waals surface area contributed by atoms with Gasteiger partial charge >= 0.3 is 0 Å². The third kappa shape index (κ3) is 4.37. The van der Waals surface area contributed by atoms with E-state index in [1.807, 2.05) is 0 Å². The van der Waals surface area contributed by atoms with Crippen LogP contribution >= 0.6 is 0 Å². The number of fused-ring (bicyclic) bond motifs is 4. The first-order valence-corrected chi connectivity index (χ1v) is 10.7. The van der Waals surface area contributed by atoms with Crippen molar-refractivity contribution < 1.29 is 10.2 Å². The van der Waals surface area contributed by atoms with Gasteiger partial charge in [-0.2, -0.15) is 0 Å². The van der Waals surface area contributed by atoms with Crippen LogP contribution in [0, 0.1) is 0 Å². The summed E-state index contributed by atoms with van der Waals surface area (Å²) < 4.78 is 0. The minimum Gasteiger partial charge on any atom is -0.507 e. The number of phenols is 2. The molecule has 2 heteroatoms. The maximum Gasteiger partial charge on any atom is 0.121 e. The van der Waals surface area contributed by atoms with Crippen molar-refractivity contribution in [2.24, 2.45) is 0 Å². The molecule has 0 saturated carbocycles. The Morgan fingerprint density at radius 3 is 1.00 bits per heavy atom. The van der Waals surface area contributed by atoms with Crippen molar-refractivity contribution in [3.05, 3.63) is 57.6 Å². The molecule has 1 aliphatic rings. The van der Waals surface area contributed by atoms with Crippen LogP contribution in [-0.2, 0) is 36.5 Å². The molecule has 0 saturated heterocycles. The zero-order chi connectivity index (χ0) is 20.7. The maximum absolute atomic E-state index is 10.8. The zero-order valence-corrected chi connectivity index (χ0v) is 18.4. The van der Waals surface area contributed by atoms with Crippen LogP contribution in [0.5, 0.6) is 11.5 Å². The molecule has 0 amide bonds. The highest BCUT2D eigenvalue weighted by Gasteiger charge is 2.21. The van der Waals surface area contributed by atoms with Gasteiger partial charge in [0.1, 0.15) is 11.5 Å². The van der Waals surface area contributed by atoms with Crippen molar-refractivity contribution in [1.29, 1.82) is 0 Å². The third-order valence-corrected chi connectivity index (χ3v) is 6.05. The van der Waals surface area contributed by atoms with Crippen molar-refractivity contribution >= 4 is 0 Å². The Balaban J connectivity index is 2.01. The second-order valence-electron chi connectivity index (χ2n) is 10.5. The van der Waals surface area contributed by atoms with Crippen molar-refractivity contribution in [3.63, 3.8) is 0 Å². The summed E-state index contributed by atoms with van der Waals surface area (Å²) in [6.07, 6.45) is 5.16. The number of phenolic OH excluding ortho intramolecular Hbond substituents is 2.